The Bertz CT molecular complexity index is 842. The van der Waals surface area contributed by atoms with E-state index in [1.54, 1.807) is 0 Å². The summed E-state index contributed by atoms with van der Waals surface area (Å²) in [5, 5.41) is 3.44. The summed E-state index contributed by atoms with van der Waals surface area (Å²) >= 11 is 1.48. The molecule has 1 aliphatic carbocycles. The van der Waals surface area contributed by atoms with E-state index < -0.39 is 5.91 Å². The molecule has 3 N–H and O–H groups in total. The summed E-state index contributed by atoms with van der Waals surface area (Å²) in [6, 6.07) is 5.99. The predicted octanol–water partition coefficient (Wildman–Crippen LogP) is 3.75. The van der Waals surface area contributed by atoms with E-state index in [9.17, 15) is 9.59 Å². The number of fused-ring (bicyclic) bond motifs is 1. The average Bonchev–Trinajstić information content (AvgIpc) is 2.95. The van der Waals surface area contributed by atoms with Gasteiger partial charge in [0.2, 0.25) is 5.91 Å². The van der Waals surface area contributed by atoms with Gasteiger partial charge in [0, 0.05) is 4.88 Å². The fraction of sp³-hybridized carbons (Fsp3) is 0.400. The van der Waals surface area contributed by atoms with E-state index in [2.05, 4.69) is 5.32 Å². The molecule has 26 heavy (non-hydrogen) atoms. The maximum Gasteiger partial charge on any atom is 0.251 e. The van der Waals surface area contributed by atoms with E-state index in [4.69, 9.17) is 10.5 Å². The molecule has 138 valence electrons. The van der Waals surface area contributed by atoms with Crippen molar-refractivity contribution in [2.75, 3.05) is 11.9 Å². The summed E-state index contributed by atoms with van der Waals surface area (Å²) in [5.41, 5.74) is 9.23. The van der Waals surface area contributed by atoms with Crippen LogP contribution >= 0.6 is 11.3 Å². The molecule has 0 unspecified atom stereocenters. The number of nitrogens with one attached hydrogen (secondary N) is 1. The quantitative estimate of drug-likeness (QED) is 0.810. The van der Waals surface area contributed by atoms with Crippen LogP contribution in [0, 0.1) is 13.8 Å². The number of rotatable bonds is 6. The zero-order valence-electron chi connectivity index (χ0n) is 15.2. The monoisotopic (exact) mass is 372 g/mol. The molecule has 0 bridgehead atoms. The molecule has 0 saturated heterocycles. The van der Waals surface area contributed by atoms with Crippen LogP contribution in [-0.2, 0) is 17.6 Å². The summed E-state index contributed by atoms with van der Waals surface area (Å²) in [7, 11) is 0. The Morgan fingerprint density at radius 3 is 2.77 bits per heavy atom. The minimum atomic E-state index is -0.466. The number of carbonyl (C=O) groups is 2. The van der Waals surface area contributed by atoms with Gasteiger partial charge in [-0.1, -0.05) is 12.1 Å². The number of primary amides is 1. The topological polar surface area (TPSA) is 81.4 Å². The Morgan fingerprint density at radius 1 is 1.23 bits per heavy atom. The fourth-order valence-electron chi connectivity index (χ4n) is 3.22. The van der Waals surface area contributed by atoms with Gasteiger partial charge in [0.25, 0.3) is 5.91 Å². The lowest BCUT2D eigenvalue weighted by Gasteiger charge is -2.11. The van der Waals surface area contributed by atoms with Gasteiger partial charge in [-0.05, 0) is 62.3 Å². The number of carbonyl (C=O) groups excluding carboxylic acids is 2. The lowest BCUT2D eigenvalue weighted by atomic mass is 9.95. The molecule has 1 aromatic heterocycles. The molecule has 2 aromatic rings. The van der Waals surface area contributed by atoms with Crippen LogP contribution in [0.25, 0.3) is 0 Å². The molecule has 1 aromatic carbocycles. The van der Waals surface area contributed by atoms with Crippen molar-refractivity contribution in [2.24, 2.45) is 5.73 Å². The summed E-state index contributed by atoms with van der Waals surface area (Å²) in [4.78, 5) is 25.3. The van der Waals surface area contributed by atoms with Crippen molar-refractivity contribution in [2.45, 2.75) is 46.0 Å². The smallest absolute Gasteiger partial charge is 0.251 e. The van der Waals surface area contributed by atoms with E-state index in [1.165, 1.54) is 16.2 Å². The highest BCUT2D eigenvalue weighted by Gasteiger charge is 2.24. The minimum Gasteiger partial charge on any atom is -0.493 e. The molecular formula is C20H24N2O3S. The highest BCUT2D eigenvalue weighted by Crippen LogP contribution is 2.37. The SMILES string of the molecule is Cc1ccc(C)c(OCCC(=O)Nc2sc3c(c2C(N)=O)CCCC3)c1. The lowest BCUT2D eigenvalue weighted by Crippen LogP contribution is -2.19. The van der Waals surface area contributed by atoms with Crippen LogP contribution < -0.4 is 15.8 Å². The van der Waals surface area contributed by atoms with Crippen molar-refractivity contribution in [3.8, 4) is 5.75 Å². The molecule has 0 atom stereocenters. The molecule has 3 rings (SSSR count). The van der Waals surface area contributed by atoms with Crippen molar-refractivity contribution in [3.05, 3.63) is 45.3 Å². The van der Waals surface area contributed by atoms with Crippen molar-refractivity contribution in [1.82, 2.24) is 0 Å². The standard InChI is InChI=1S/C20H24N2O3S/c1-12-7-8-13(2)15(11-12)25-10-9-17(23)22-20-18(19(21)24)14-5-3-4-6-16(14)26-20/h7-8,11H,3-6,9-10H2,1-2H3,(H2,21,24)(H,22,23). The summed E-state index contributed by atoms with van der Waals surface area (Å²) < 4.78 is 5.74. The van der Waals surface area contributed by atoms with Gasteiger partial charge in [-0.3, -0.25) is 9.59 Å². The van der Waals surface area contributed by atoms with Crippen LogP contribution in [0.5, 0.6) is 5.75 Å². The molecule has 0 spiro atoms. The summed E-state index contributed by atoms with van der Waals surface area (Å²) in [6.07, 6.45) is 4.19. The highest BCUT2D eigenvalue weighted by molar-refractivity contribution is 7.17. The number of hydrogen-bond acceptors (Lipinski definition) is 4. The Kier molecular flexibility index (Phi) is 5.61. The molecule has 0 radical (unpaired) electrons. The first-order valence-corrected chi connectivity index (χ1v) is 9.71. The number of thiophene rings is 1. The van der Waals surface area contributed by atoms with Crippen molar-refractivity contribution >= 4 is 28.2 Å². The first-order chi connectivity index (χ1) is 12.5. The number of aryl methyl sites for hydroxylation is 3. The second kappa shape index (κ2) is 7.91. The number of nitrogens with two attached hydrogens (primary N) is 1. The zero-order valence-corrected chi connectivity index (χ0v) is 16.0. The number of anilines is 1. The zero-order chi connectivity index (χ0) is 18.7. The van der Waals surface area contributed by atoms with Gasteiger partial charge in [0.05, 0.1) is 18.6 Å². The van der Waals surface area contributed by atoms with Gasteiger partial charge in [0.1, 0.15) is 10.8 Å². The van der Waals surface area contributed by atoms with Gasteiger partial charge < -0.3 is 15.8 Å². The van der Waals surface area contributed by atoms with Crippen LogP contribution in [0.1, 0.15) is 51.2 Å². The minimum absolute atomic E-state index is 0.170. The normalized spacial score (nSPS) is 13.2. The number of ether oxygens (including phenoxy) is 1. The molecule has 1 heterocycles. The Balaban J connectivity index is 1.62. The molecular weight excluding hydrogens is 348 g/mol. The van der Waals surface area contributed by atoms with Gasteiger partial charge in [0.15, 0.2) is 0 Å². The van der Waals surface area contributed by atoms with Crippen LogP contribution in [0.2, 0.25) is 0 Å². The van der Waals surface area contributed by atoms with Gasteiger partial charge >= 0.3 is 0 Å². The number of amides is 2. The van der Waals surface area contributed by atoms with E-state index in [1.807, 2.05) is 32.0 Å². The van der Waals surface area contributed by atoms with Crippen LogP contribution in [0.3, 0.4) is 0 Å². The maximum atomic E-state index is 12.3. The van der Waals surface area contributed by atoms with E-state index in [0.29, 0.717) is 10.6 Å². The van der Waals surface area contributed by atoms with Crippen LogP contribution in [0.4, 0.5) is 5.00 Å². The van der Waals surface area contributed by atoms with Gasteiger partial charge in [-0.15, -0.1) is 11.3 Å². The average molecular weight is 372 g/mol. The fourth-order valence-corrected chi connectivity index (χ4v) is 4.53. The van der Waals surface area contributed by atoms with Crippen LogP contribution in [0.15, 0.2) is 18.2 Å². The van der Waals surface area contributed by atoms with Crippen molar-refractivity contribution < 1.29 is 14.3 Å². The summed E-state index contributed by atoms with van der Waals surface area (Å²) in [6.45, 7) is 4.26. The Labute approximate surface area is 157 Å². The Hall–Kier alpha value is -2.34. The van der Waals surface area contributed by atoms with Crippen LogP contribution in [-0.4, -0.2) is 18.4 Å². The number of benzene rings is 1. The second-order valence-electron chi connectivity index (χ2n) is 6.69. The second-order valence-corrected chi connectivity index (χ2v) is 7.80. The maximum absolute atomic E-state index is 12.3. The number of hydrogen-bond donors (Lipinski definition) is 2. The Morgan fingerprint density at radius 2 is 2.00 bits per heavy atom. The third-order valence-corrected chi connectivity index (χ3v) is 5.81. The molecule has 0 saturated carbocycles. The lowest BCUT2D eigenvalue weighted by molar-refractivity contribution is -0.116. The van der Waals surface area contributed by atoms with E-state index >= 15 is 0 Å². The molecule has 1 aliphatic rings. The molecule has 6 heteroatoms. The molecule has 2 amide bonds. The molecule has 5 nitrogen and oxygen atoms in total. The third kappa shape index (κ3) is 4.07. The first-order valence-electron chi connectivity index (χ1n) is 8.90. The van der Waals surface area contributed by atoms with Gasteiger partial charge in [-0.25, -0.2) is 0 Å². The highest BCUT2D eigenvalue weighted by atomic mass is 32.1. The first kappa shape index (κ1) is 18.5. The third-order valence-electron chi connectivity index (χ3n) is 4.60. The molecule has 0 aliphatic heterocycles. The van der Waals surface area contributed by atoms with E-state index in [0.717, 1.165) is 48.1 Å². The summed E-state index contributed by atoms with van der Waals surface area (Å²) in [5.74, 6) is 0.157. The molecule has 0 fully saturated rings. The van der Waals surface area contributed by atoms with Crippen molar-refractivity contribution in [3.63, 3.8) is 0 Å². The largest absolute Gasteiger partial charge is 0.493 e. The van der Waals surface area contributed by atoms with Gasteiger partial charge in [-0.2, -0.15) is 0 Å². The predicted molar refractivity (Wildman–Crippen MR) is 104 cm³/mol. The van der Waals surface area contributed by atoms with Crippen molar-refractivity contribution in [1.29, 1.82) is 0 Å². The van der Waals surface area contributed by atoms with E-state index in [-0.39, 0.29) is 18.9 Å².